The first-order chi connectivity index (χ1) is 23.1. The smallest absolute Gasteiger partial charge is 0.420 e. The molecule has 3 atom stereocenters. The predicted molar refractivity (Wildman–Crippen MR) is 179 cm³/mol. The van der Waals surface area contributed by atoms with E-state index in [1.54, 1.807) is 41.5 Å². The van der Waals surface area contributed by atoms with Crippen molar-refractivity contribution in [3.8, 4) is 0 Å². The van der Waals surface area contributed by atoms with Crippen molar-refractivity contribution in [2.24, 2.45) is 0 Å². The average molecular weight is 676 g/mol. The highest BCUT2D eigenvalue weighted by atomic mass is 16.6. The first-order valence-electron chi connectivity index (χ1n) is 16.5. The standard InChI is InChI=1S/C37H45N3O9/c1-35(2,3)48-33(44)40(34(45)49-36(4,5)6)28(31(42)46-7)18-17-24-21-29(41)37(32(43)47-22-23-13-9-8-10-14-23)30-26(19-20-39(24)37)25-15-11-12-16-27(25)38-30/h8-16,24,28,38H,17-22H2,1-7H3/t24?,28-,37?/m0/s1. The first-order valence-corrected chi connectivity index (χ1v) is 16.5. The molecule has 1 aromatic heterocycles. The van der Waals surface area contributed by atoms with E-state index in [1.807, 2.05) is 59.5 Å². The lowest BCUT2D eigenvalue weighted by molar-refractivity contribution is -0.164. The van der Waals surface area contributed by atoms with Crippen LogP contribution in [-0.2, 0) is 51.9 Å². The van der Waals surface area contributed by atoms with Crippen LogP contribution in [0.4, 0.5) is 9.59 Å². The highest BCUT2D eigenvalue weighted by Gasteiger charge is 2.63. The molecule has 0 saturated carbocycles. The molecule has 0 bridgehead atoms. The number of carbonyl (C=O) groups excluding carboxylic acids is 5. The van der Waals surface area contributed by atoms with Gasteiger partial charge < -0.3 is 23.9 Å². The highest BCUT2D eigenvalue weighted by Crippen LogP contribution is 2.48. The van der Waals surface area contributed by atoms with Gasteiger partial charge in [-0.05, 0) is 78.0 Å². The summed E-state index contributed by atoms with van der Waals surface area (Å²) in [5.41, 5.74) is -0.773. The topological polar surface area (TPSA) is 145 Å². The second-order valence-corrected chi connectivity index (χ2v) is 14.5. The summed E-state index contributed by atoms with van der Waals surface area (Å²) in [6.45, 7) is 10.2. The fraction of sp³-hybridized carbons (Fsp3) is 0.486. The van der Waals surface area contributed by atoms with Crippen molar-refractivity contribution in [3.05, 3.63) is 71.4 Å². The van der Waals surface area contributed by atoms with Crippen LogP contribution in [0.25, 0.3) is 10.9 Å². The van der Waals surface area contributed by atoms with Gasteiger partial charge in [0.1, 0.15) is 23.9 Å². The normalized spacial score (nSPS) is 19.8. The number of ether oxygens (including phenoxy) is 4. The Kier molecular flexibility index (Phi) is 9.92. The van der Waals surface area contributed by atoms with Gasteiger partial charge in [0, 0.05) is 29.9 Å². The van der Waals surface area contributed by atoms with Gasteiger partial charge in [-0.1, -0.05) is 48.5 Å². The molecule has 3 heterocycles. The molecule has 0 radical (unpaired) electrons. The van der Waals surface area contributed by atoms with Gasteiger partial charge in [-0.2, -0.15) is 4.90 Å². The molecular formula is C37H45N3O9. The minimum atomic E-state index is -1.75. The lowest BCUT2D eigenvalue weighted by Crippen LogP contribution is -2.58. The van der Waals surface area contributed by atoms with E-state index in [4.69, 9.17) is 18.9 Å². The summed E-state index contributed by atoms with van der Waals surface area (Å²) in [6.07, 6.45) is -1.55. The fourth-order valence-corrected chi connectivity index (χ4v) is 6.75. The highest BCUT2D eigenvalue weighted by molar-refractivity contribution is 6.12. The Labute approximate surface area is 286 Å². The molecule has 12 nitrogen and oxygen atoms in total. The molecule has 0 aliphatic carbocycles. The number of para-hydroxylation sites is 1. The van der Waals surface area contributed by atoms with Gasteiger partial charge in [0.2, 0.25) is 5.54 Å². The van der Waals surface area contributed by atoms with Crippen LogP contribution >= 0.6 is 0 Å². The van der Waals surface area contributed by atoms with Crippen LogP contribution in [0.5, 0.6) is 0 Å². The van der Waals surface area contributed by atoms with E-state index in [2.05, 4.69) is 4.98 Å². The molecule has 262 valence electrons. The Balaban J connectivity index is 1.49. The Morgan fingerprint density at radius 2 is 1.55 bits per heavy atom. The summed E-state index contributed by atoms with van der Waals surface area (Å²) < 4.78 is 22.0. The third kappa shape index (κ3) is 7.19. The molecule has 2 unspecified atom stereocenters. The van der Waals surface area contributed by atoms with E-state index >= 15 is 0 Å². The number of hydrogen-bond acceptors (Lipinski definition) is 10. The lowest BCUT2D eigenvalue weighted by atomic mass is 9.83. The number of H-pyrrole nitrogens is 1. The van der Waals surface area contributed by atoms with Crippen LogP contribution in [0.1, 0.15) is 77.6 Å². The molecule has 1 N–H and O–H groups in total. The fourth-order valence-electron chi connectivity index (χ4n) is 6.75. The molecule has 1 saturated heterocycles. The minimum absolute atomic E-state index is 0.0199. The number of imide groups is 1. The van der Waals surface area contributed by atoms with Gasteiger partial charge >= 0.3 is 24.1 Å². The predicted octanol–water partition coefficient (Wildman–Crippen LogP) is 5.80. The third-order valence-corrected chi connectivity index (χ3v) is 8.72. The maximum atomic E-state index is 14.3. The summed E-state index contributed by atoms with van der Waals surface area (Å²) in [5, 5.41) is 0.930. The number of aromatic amines is 1. The van der Waals surface area contributed by atoms with Crippen molar-refractivity contribution in [3.63, 3.8) is 0 Å². The molecule has 2 amide bonds. The molecule has 2 aliphatic heterocycles. The summed E-state index contributed by atoms with van der Waals surface area (Å²) in [4.78, 5) is 74.6. The molecule has 2 aliphatic rings. The van der Waals surface area contributed by atoms with Crippen LogP contribution < -0.4 is 0 Å². The zero-order valence-corrected chi connectivity index (χ0v) is 29.2. The summed E-state index contributed by atoms with van der Waals surface area (Å²) in [5.74, 6) is -1.88. The molecule has 49 heavy (non-hydrogen) atoms. The summed E-state index contributed by atoms with van der Waals surface area (Å²) >= 11 is 0. The number of fused-ring (bicyclic) bond motifs is 5. The Morgan fingerprint density at radius 3 is 2.16 bits per heavy atom. The van der Waals surface area contributed by atoms with E-state index < -0.39 is 52.9 Å². The number of rotatable bonds is 8. The zero-order chi connectivity index (χ0) is 35.7. The minimum Gasteiger partial charge on any atom is -0.467 e. The van der Waals surface area contributed by atoms with Gasteiger partial charge in [0.25, 0.3) is 0 Å². The number of hydrogen-bond donors (Lipinski definition) is 1. The SMILES string of the molecule is COC(=O)[C@H](CCC1CC(=O)C2(C(=O)OCc3ccccc3)c3[nH]c4ccccc4c3CCN12)N(C(=O)OC(C)(C)C)C(=O)OC(C)(C)C. The molecule has 1 fully saturated rings. The largest absolute Gasteiger partial charge is 0.467 e. The van der Waals surface area contributed by atoms with Crippen LogP contribution in [0.15, 0.2) is 54.6 Å². The van der Waals surface area contributed by atoms with Crippen molar-refractivity contribution in [2.45, 2.75) is 103 Å². The van der Waals surface area contributed by atoms with E-state index in [9.17, 15) is 24.0 Å². The number of Topliss-reactive ketones (excluding diaryl/α,β-unsaturated/α-hetero) is 1. The van der Waals surface area contributed by atoms with E-state index in [1.165, 1.54) is 0 Å². The van der Waals surface area contributed by atoms with Crippen molar-refractivity contribution in [1.29, 1.82) is 0 Å². The van der Waals surface area contributed by atoms with Crippen LogP contribution in [-0.4, -0.2) is 81.6 Å². The van der Waals surface area contributed by atoms with Gasteiger partial charge in [0.15, 0.2) is 5.78 Å². The molecule has 5 rings (SSSR count). The van der Waals surface area contributed by atoms with Gasteiger partial charge in [0.05, 0.1) is 12.8 Å². The van der Waals surface area contributed by atoms with Gasteiger partial charge in [-0.25, -0.2) is 19.2 Å². The van der Waals surface area contributed by atoms with Crippen LogP contribution in [0, 0.1) is 0 Å². The van der Waals surface area contributed by atoms with E-state index in [0.29, 0.717) is 23.6 Å². The number of esters is 2. The lowest BCUT2D eigenvalue weighted by Gasteiger charge is -2.41. The van der Waals surface area contributed by atoms with Gasteiger partial charge in [-0.3, -0.25) is 9.69 Å². The maximum Gasteiger partial charge on any atom is 0.420 e. The van der Waals surface area contributed by atoms with Crippen molar-refractivity contribution < 1.29 is 42.9 Å². The van der Waals surface area contributed by atoms with Crippen molar-refractivity contribution in [1.82, 2.24) is 14.8 Å². The Hall–Kier alpha value is -4.71. The number of ketones is 1. The number of nitrogens with zero attached hydrogens (tertiary/aromatic N) is 2. The number of benzene rings is 2. The average Bonchev–Trinajstić information content (AvgIpc) is 3.55. The number of carbonyl (C=O) groups is 5. The second-order valence-electron chi connectivity index (χ2n) is 14.5. The summed E-state index contributed by atoms with van der Waals surface area (Å²) in [6, 6.07) is 14.9. The first kappa shape index (κ1) is 35.6. The molecule has 12 heteroatoms. The van der Waals surface area contributed by atoms with Crippen LogP contribution in [0.2, 0.25) is 0 Å². The maximum absolute atomic E-state index is 14.3. The number of methoxy groups -OCH3 is 1. The monoisotopic (exact) mass is 675 g/mol. The molecule has 0 spiro atoms. The van der Waals surface area contributed by atoms with Crippen molar-refractivity contribution >= 4 is 40.8 Å². The van der Waals surface area contributed by atoms with Crippen molar-refractivity contribution in [2.75, 3.05) is 13.7 Å². The number of nitrogens with one attached hydrogen (secondary N) is 1. The molecular weight excluding hydrogens is 630 g/mol. The second kappa shape index (κ2) is 13.7. The number of aromatic nitrogens is 1. The molecule has 3 aromatic rings. The zero-order valence-electron chi connectivity index (χ0n) is 29.2. The third-order valence-electron chi connectivity index (χ3n) is 8.72. The van der Waals surface area contributed by atoms with E-state index in [-0.39, 0.29) is 31.7 Å². The molecule has 2 aromatic carbocycles. The summed E-state index contributed by atoms with van der Waals surface area (Å²) in [7, 11) is 1.16. The number of amides is 2. The Bertz CT molecular complexity index is 1710. The van der Waals surface area contributed by atoms with E-state index in [0.717, 1.165) is 29.1 Å². The Morgan fingerprint density at radius 1 is 0.939 bits per heavy atom. The quantitative estimate of drug-likeness (QED) is 0.177. The van der Waals surface area contributed by atoms with Crippen LogP contribution in [0.3, 0.4) is 0 Å². The van der Waals surface area contributed by atoms with Gasteiger partial charge in [-0.15, -0.1) is 0 Å².